The quantitative estimate of drug-likeness (QED) is 0.616. The molecule has 0 aromatic heterocycles. The first-order valence-corrected chi connectivity index (χ1v) is 4.92. The maximum absolute atomic E-state index is 12.9. The summed E-state index contributed by atoms with van der Waals surface area (Å²) >= 11 is 0. The minimum atomic E-state index is -0.224. The molecule has 0 bridgehead atoms. The van der Waals surface area contributed by atoms with Crippen molar-refractivity contribution in [2.45, 2.75) is 33.3 Å². The molecule has 0 saturated heterocycles. The van der Waals surface area contributed by atoms with Gasteiger partial charge in [0.05, 0.1) is 0 Å². The maximum atomic E-state index is 12.9. The minimum absolute atomic E-state index is 0.107. The van der Waals surface area contributed by atoms with Gasteiger partial charge >= 0.3 is 0 Å². The molecule has 0 amide bonds. The van der Waals surface area contributed by atoms with Gasteiger partial charge in [-0.1, -0.05) is 26.8 Å². The van der Waals surface area contributed by atoms with E-state index in [1.807, 2.05) is 6.07 Å². The van der Waals surface area contributed by atoms with E-state index in [-0.39, 0.29) is 17.3 Å². The Balaban J connectivity index is 2.26. The molecule has 0 aliphatic carbocycles. The van der Waals surface area contributed by atoms with E-state index in [0.717, 1.165) is 12.0 Å². The Morgan fingerprint density at radius 1 is 1.36 bits per heavy atom. The Morgan fingerprint density at radius 3 is 2.71 bits per heavy atom. The van der Waals surface area contributed by atoms with Gasteiger partial charge in [-0.3, -0.25) is 0 Å². The summed E-state index contributed by atoms with van der Waals surface area (Å²) in [5, 5.41) is 0. The van der Waals surface area contributed by atoms with Crippen LogP contribution in [0.5, 0.6) is 5.75 Å². The third-order valence-corrected chi connectivity index (χ3v) is 2.67. The number of benzene rings is 1. The second-order valence-electron chi connectivity index (χ2n) is 4.93. The molecule has 0 fully saturated rings. The number of hydrogen-bond acceptors (Lipinski definition) is 1. The summed E-state index contributed by atoms with van der Waals surface area (Å²) in [6.07, 6.45) is 1.05. The van der Waals surface area contributed by atoms with Gasteiger partial charge in [0.15, 0.2) is 0 Å². The van der Waals surface area contributed by atoms with Gasteiger partial charge in [-0.15, -0.1) is 0 Å². The largest absolute Gasteiger partial charge is 0.489 e. The molecule has 1 atom stereocenters. The van der Waals surface area contributed by atoms with Crippen LogP contribution in [0.1, 0.15) is 26.3 Å². The Morgan fingerprint density at radius 2 is 2.07 bits per heavy atom. The summed E-state index contributed by atoms with van der Waals surface area (Å²) in [6, 6.07) is 4.78. The fourth-order valence-corrected chi connectivity index (χ4v) is 1.68. The molecule has 14 heavy (non-hydrogen) atoms. The smallest absolute Gasteiger partial charge is 0.126 e. The van der Waals surface area contributed by atoms with E-state index < -0.39 is 0 Å². The first-order chi connectivity index (χ1) is 6.47. The van der Waals surface area contributed by atoms with E-state index in [2.05, 4.69) is 20.8 Å². The van der Waals surface area contributed by atoms with Crippen LogP contribution < -0.4 is 4.74 Å². The van der Waals surface area contributed by atoms with Gasteiger partial charge in [0, 0.05) is 12.5 Å². The number of ether oxygens (including phenoxy) is 1. The van der Waals surface area contributed by atoms with E-state index in [0.29, 0.717) is 5.75 Å². The van der Waals surface area contributed by atoms with Crippen LogP contribution in [0.15, 0.2) is 18.2 Å². The second-order valence-corrected chi connectivity index (χ2v) is 4.93. The van der Waals surface area contributed by atoms with Crippen LogP contribution in [0.3, 0.4) is 0 Å². The highest BCUT2D eigenvalue weighted by Crippen LogP contribution is 2.36. The average molecular weight is 194 g/mol. The highest BCUT2D eigenvalue weighted by Gasteiger charge is 2.32. The van der Waals surface area contributed by atoms with Crippen molar-refractivity contribution in [1.82, 2.24) is 0 Å². The van der Waals surface area contributed by atoms with Crippen molar-refractivity contribution >= 4 is 0 Å². The molecule has 76 valence electrons. The predicted octanol–water partition coefficient (Wildman–Crippen LogP) is 3.18. The fourth-order valence-electron chi connectivity index (χ4n) is 1.68. The number of fused-ring (bicyclic) bond motifs is 1. The van der Waals surface area contributed by atoms with Crippen LogP contribution in [0.4, 0.5) is 4.39 Å². The number of hydrogen-bond donors (Lipinski definition) is 0. The lowest BCUT2D eigenvalue weighted by Crippen LogP contribution is -2.30. The van der Waals surface area contributed by atoms with E-state index in [1.54, 1.807) is 0 Å². The highest BCUT2D eigenvalue weighted by atomic mass is 19.1. The van der Waals surface area contributed by atoms with Gasteiger partial charge < -0.3 is 4.74 Å². The molecule has 1 unspecified atom stereocenters. The van der Waals surface area contributed by atoms with E-state index >= 15 is 0 Å². The van der Waals surface area contributed by atoms with Gasteiger partial charge in [0.25, 0.3) is 0 Å². The first-order valence-electron chi connectivity index (χ1n) is 4.92. The number of rotatable bonds is 0. The molecular formula is C12H15FO. The summed E-state index contributed by atoms with van der Waals surface area (Å²) in [5.41, 5.74) is 1.22. The predicted molar refractivity (Wildman–Crippen MR) is 54.0 cm³/mol. The van der Waals surface area contributed by atoms with Crippen molar-refractivity contribution in [1.29, 1.82) is 0 Å². The minimum Gasteiger partial charge on any atom is -0.489 e. The lowest BCUT2D eigenvalue weighted by atomic mass is 9.87. The summed E-state index contributed by atoms with van der Waals surface area (Å²) in [5.74, 6) is 0.489. The molecule has 1 nitrogen and oxygen atoms in total. The lowest BCUT2D eigenvalue weighted by Gasteiger charge is -2.25. The van der Waals surface area contributed by atoms with Crippen LogP contribution in [0, 0.1) is 11.2 Å². The van der Waals surface area contributed by atoms with Crippen molar-refractivity contribution in [2.24, 2.45) is 5.41 Å². The van der Waals surface area contributed by atoms with Crippen LogP contribution >= 0.6 is 0 Å². The Labute approximate surface area is 83.9 Å². The van der Waals surface area contributed by atoms with Gasteiger partial charge in [-0.25, -0.2) is 4.39 Å². The molecule has 2 rings (SSSR count). The zero-order chi connectivity index (χ0) is 10.3. The fraction of sp³-hybridized carbons (Fsp3) is 0.500. The maximum Gasteiger partial charge on any atom is 0.126 e. The third-order valence-electron chi connectivity index (χ3n) is 2.67. The summed E-state index contributed by atoms with van der Waals surface area (Å²) in [6.45, 7) is 6.42. The highest BCUT2D eigenvalue weighted by molar-refractivity contribution is 5.38. The normalized spacial score (nSPS) is 20.4. The van der Waals surface area contributed by atoms with Crippen LogP contribution in [-0.4, -0.2) is 6.10 Å². The van der Waals surface area contributed by atoms with Crippen molar-refractivity contribution in [2.75, 3.05) is 0 Å². The molecule has 1 heterocycles. The zero-order valence-electron chi connectivity index (χ0n) is 8.80. The Bertz CT molecular complexity index is 352. The van der Waals surface area contributed by atoms with Gasteiger partial charge in [-0.2, -0.15) is 0 Å². The molecule has 1 aromatic carbocycles. The molecule has 1 aromatic rings. The standard InChI is InChI=1S/C12H15FO/c1-12(2,3)11-6-8-4-5-9(13)7-10(8)14-11/h4-5,7,11H,6H2,1-3H3. The third kappa shape index (κ3) is 1.61. The van der Waals surface area contributed by atoms with Crippen molar-refractivity contribution in [3.63, 3.8) is 0 Å². The lowest BCUT2D eigenvalue weighted by molar-refractivity contribution is 0.108. The van der Waals surface area contributed by atoms with Crippen molar-refractivity contribution in [3.05, 3.63) is 29.6 Å². The summed E-state index contributed by atoms with van der Waals surface area (Å²) in [4.78, 5) is 0. The molecule has 0 saturated carbocycles. The van der Waals surface area contributed by atoms with E-state index in [4.69, 9.17) is 4.74 Å². The SMILES string of the molecule is CC(C)(C)C1Cc2ccc(F)cc2O1. The molecule has 0 radical (unpaired) electrons. The molecule has 1 aliphatic heterocycles. The molecule has 0 spiro atoms. The Kier molecular flexibility index (Phi) is 2.02. The van der Waals surface area contributed by atoms with Crippen LogP contribution in [0.25, 0.3) is 0 Å². The van der Waals surface area contributed by atoms with Crippen LogP contribution in [-0.2, 0) is 6.42 Å². The van der Waals surface area contributed by atoms with E-state index in [1.165, 1.54) is 12.1 Å². The molecule has 2 heteroatoms. The Hall–Kier alpha value is -1.05. The monoisotopic (exact) mass is 194 g/mol. The molecule has 0 N–H and O–H groups in total. The number of halogens is 1. The van der Waals surface area contributed by atoms with Gasteiger partial charge in [0.2, 0.25) is 0 Å². The summed E-state index contributed by atoms with van der Waals surface area (Å²) < 4.78 is 18.6. The first kappa shape index (κ1) is 9.50. The summed E-state index contributed by atoms with van der Waals surface area (Å²) in [7, 11) is 0. The van der Waals surface area contributed by atoms with Gasteiger partial charge in [0.1, 0.15) is 17.7 Å². The van der Waals surface area contributed by atoms with Crippen molar-refractivity contribution in [3.8, 4) is 5.75 Å². The topological polar surface area (TPSA) is 9.23 Å². The molecular weight excluding hydrogens is 179 g/mol. The van der Waals surface area contributed by atoms with Crippen molar-refractivity contribution < 1.29 is 9.13 Å². The zero-order valence-corrected chi connectivity index (χ0v) is 8.80. The van der Waals surface area contributed by atoms with E-state index in [9.17, 15) is 4.39 Å². The second kappa shape index (κ2) is 2.97. The molecule has 1 aliphatic rings. The van der Waals surface area contributed by atoms with Gasteiger partial charge in [-0.05, 0) is 17.0 Å². The average Bonchev–Trinajstić information content (AvgIpc) is 2.45. The van der Waals surface area contributed by atoms with Crippen LogP contribution in [0.2, 0.25) is 0 Å².